The maximum absolute atomic E-state index is 5.87. The van der Waals surface area contributed by atoms with Gasteiger partial charge in [0.25, 0.3) is 0 Å². The molecule has 100 valence electrons. The second kappa shape index (κ2) is 5.35. The summed E-state index contributed by atoms with van der Waals surface area (Å²) in [5, 5.41) is 7.90. The quantitative estimate of drug-likeness (QED) is 0.725. The van der Waals surface area contributed by atoms with E-state index in [1.54, 1.807) is 0 Å². The molecular formula is C15H13ClN4. The van der Waals surface area contributed by atoms with Crippen LogP contribution >= 0.6 is 11.6 Å². The van der Waals surface area contributed by atoms with Crippen molar-refractivity contribution in [2.45, 2.75) is 6.42 Å². The summed E-state index contributed by atoms with van der Waals surface area (Å²) in [5.41, 5.74) is 8.50. The maximum atomic E-state index is 5.87. The van der Waals surface area contributed by atoms with Gasteiger partial charge in [-0.25, -0.2) is 4.98 Å². The Morgan fingerprint density at radius 3 is 2.65 bits per heavy atom. The summed E-state index contributed by atoms with van der Waals surface area (Å²) >= 11 is 5.87. The number of H-pyrrole nitrogens is 1. The van der Waals surface area contributed by atoms with Crippen LogP contribution in [0.3, 0.4) is 0 Å². The SMILES string of the molecule is Nc1cccc(-c2n[nH]c(Cc3ccc(Cl)cc3)n2)c1. The second-order valence-electron chi connectivity index (χ2n) is 4.53. The van der Waals surface area contributed by atoms with Gasteiger partial charge in [-0.3, -0.25) is 5.10 Å². The highest BCUT2D eigenvalue weighted by molar-refractivity contribution is 6.30. The topological polar surface area (TPSA) is 67.6 Å². The van der Waals surface area contributed by atoms with Crippen molar-refractivity contribution in [3.63, 3.8) is 0 Å². The third-order valence-electron chi connectivity index (χ3n) is 2.96. The van der Waals surface area contributed by atoms with E-state index in [1.165, 1.54) is 0 Å². The third kappa shape index (κ3) is 2.81. The summed E-state index contributed by atoms with van der Waals surface area (Å²) in [6, 6.07) is 15.2. The van der Waals surface area contributed by atoms with E-state index >= 15 is 0 Å². The van der Waals surface area contributed by atoms with Gasteiger partial charge in [-0.1, -0.05) is 35.9 Å². The average molecular weight is 285 g/mol. The number of hydrogen-bond acceptors (Lipinski definition) is 3. The van der Waals surface area contributed by atoms with Crippen LogP contribution in [0.1, 0.15) is 11.4 Å². The van der Waals surface area contributed by atoms with Crippen molar-refractivity contribution in [3.8, 4) is 11.4 Å². The minimum Gasteiger partial charge on any atom is -0.399 e. The molecule has 0 aliphatic rings. The third-order valence-corrected chi connectivity index (χ3v) is 3.21. The van der Waals surface area contributed by atoms with Gasteiger partial charge in [-0.05, 0) is 29.8 Å². The van der Waals surface area contributed by atoms with Gasteiger partial charge >= 0.3 is 0 Å². The summed E-state index contributed by atoms with van der Waals surface area (Å²) in [6.07, 6.45) is 0.687. The van der Waals surface area contributed by atoms with Gasteiger partial charge in [0, 0.05) is 22.7 Å². The van der Waals surface area contributed by atoms with E-state index in [2.05, 4.69) is 15.2 Å². The Balaban J connectivity index is 1.82. The Hall–Kier alpha value is -2.33. The molecule has 0 bridgehead atoms. The summed E-state index contributed by atoms with van der Waals surface area (Å²) in [4.78, 5) is 4.48. The van der Waals surface area contributed by atoms with Gasteiger partial charge in [0.2, 0.25) is 0 Å². The van der Waals surface area contributed by atoms with Gasteiger partial charge < -0.3 is 5.73 Å². The number of nitrogens with one attached hydrogen (secondary N) is 1. The number of hydrogen-bond donors (Lipinski definition) is 2. The maximum Gasteiger partial charge on any atom is 0.181 e. The Kier molecular flexibility index (Phi) is 3.39. The van der Waals surface area contributed by atoms with E-state index in [0.717, 1.165) is 22.0 Å². The van der Waals surface area contributed by atoms with Crippen LogP contribution in [0.15, 0.2) is 48.5 Å². The number of anilines is 1. The van der Waals surface area contributed by atoms with Crippen LogP contribution in [-0.4, -0.2) is 15.2 Å². The molecule has 2 aromatic carbocycles. The van der Waals surface area contributed by atoms with E-state index in [-0.39, 0.29) is 0 Å². The molecular weight excluding hydrogens is 272 g/mol. The van der Waals surface area contributed by atoms with Crippen LogP contribution in [0, 0.1) is 0 Å². The second-order valence-corrected chi connectivity index (χ2v) is 4.97. The lowest BCUT2D eigenvalue weighted by molar-refractivity contribution is 0.973. The highest BCUT2D eigenvalue weighted by Gasteiger charge is 2.06. The minimum atomic E-state index is 0.654. The summed E-state index contributed by atoms with van der Waals surface area (Å²) < 4.78 is 0. The number of nitrogen functional groups attached to an aromatic ring is 1. The molecule has 1 heterocycles. The summed E-state index contributed by atoms with van der Waals surface area (Å²) in [6.45, 7) is 0. The van der Waals surface area contributed by atoms with Crippen LogP contribution in [0.5, 0.6) is 0 Å². The predicted molar refractivity (Wildman–Crippen MR) is 80.5 cm³/mol. The lowest BCUT2D eigenvalue weighted by Gasteiger charge is -1.98. The zero-order valence-electron chi connectivity index (χ0n) is 10.7. The Labute approximate surface area is 121 Å². The summed E-state index contributed by atoms with van der Waals surface area (Å²) in [7, 11) is 0. The van der Waals surface area contributed by atoms with Gasteiger partial charge in [-0.15, -0.1) is 0 Å². The van der Waals surface area contributed by atoms with Crippen molar-refractivity contribution in [1.82, 2.24) is 15.2 Å². The van der Waals surface area contributed by atoms with E-state index in [9.17, 15) is 0 Å². The van der Waals surface area contributed by atoms with E-state index < -0.39 is 0 Å². The van der Waals surface area contributed by atoms with Crippen molar-refractivity contribution in [1.29, 1.82) is 0 Å². The van der Waals surface area contributed by atoms with E-state index in [1.807, 2.05) is 48.5 Å². The first-order valence-corrected chi connectivity index (χ1v) is 6.60. The van der Waals surface area contributed by atoms with Crippen LogP contribution in [0.25, 0.3) is 11.4 Å². The predicted octanol–water partition coefficient (Wildman–Crippen LogP) is 3.30. The molecule has 0 aliphatic carbocycles. The number of rotatable bonds is 3. The summed E-state index contributed by atoms with van der Waals surface area (Å²) in [5.74, 6) is 1.46. The molecule has 0 unspecified atom stereocenters. The first-order valence-electron chi connectivity index (χ1n) is 6.22. The molecule has 3 N–H and O–H groups in total. The van der Waals surface area contributed by atoms with Crippen molar-refractivity contribution in [3.05, 3.63) is 64.9 Å². The number of nitrogens with zero attached hydrogens (tertiary/aromatic N) is 2. The fourth-order valence-corrected chi connectivity index (χ4v) is 2.10. The van der Waals surface area contributed by atoms with E-state index in [0.29, 0.717) is 17.9 Å². The zero-order chi connectivity index (χ0) is 13.9. The molecule has 0 atom stereocenters. The molecule has 0 fully saturated rings. The molecule has 20 heavy (non-hydrogen) atoms. The van der Waals surface area contributed by atoms with Crippen LogP contribution in [0.4, 0.5) is 5.69 Å². The standard InChI is InChI=1S/C15H13ClN4/c16-12-6-4-10(5-7-12)8-14-18-15(20-19-14)11-2-1-3-13(17)9-11/h1-7,9H,8,17H2,(H,18,19,20). The largest absolute Gasteiger partial charge is 0.399 e. The molecule has 4 nitrogen and oxygen atoms in total. The molecule has 1 aromatic heterocycles. The monoisotopic (exact) mass is 284 g/mol. The number of aromatic amines is 1. The fraction of sp³-hybridized carbons (Fsp3) is 0.0667. The molecule has 3 aromatic rings. The van der Waals surface area contributed by atoms with Crippen molar-refractivity contribution >= 4 is 17.3 Å². The van der Waals surface area contributed by atoms with Gasteiger partial charge in [0.15, 0.2) is 5.82 Å². The fourth-order valence-electron chi connectivity index (χ4n) is 1.98. The molecule has 3 rings (SSSR count). The Morgan fingerprint density at radius 1 is 1.10 bits per heavy atom. The van der Waals surface area contributed by atoms with Crippen LogP contribution < -0.4 is 5.73 Å². The number of nitrogens with two attached hydrogens (primary N) is 1. The molecule has 0 aliphatic heterocycles. The van der Waals surface area contributed by atoms with Gasteiger partial charge in [0.05, 0.1) is 0 Å². The van der Waals surface area contributed by atoms with Gasteiger partial charge in [-0.2, -0.15) is 5.10 Å². The lowest BCUT2D eigenvalue weighted by atomic mass is 10.1. The molecule has 5 heteroatoms. The van der Waals surface area contributed by atoms with Crippen LogP contribution in [-0.2, 0) is 6.42 Å². The first-order chi connectivity index (χ1) is 9.70. The molecule has 0 spiro atoms. The number of halogens is 1. The van der Waals surface area contributed by atoms with Crippen molar-refractivity contribution in [2.75, 3.05) is 5.73 Å². The normalized spacial score (nSPS) is 10.7. The van der Waals surface area contributed by atoms with E-state index in [4.69, 9.17) is 17.3 Å². The Bertz CT molecular complexity index is 719. The number of aromatic nitrogens is 3. The molecule has 0 amide bonds. The smallest absolute Gasteiger partial charge is 0.181 e. The molecule has 0 saturated carbocycles. The first kappa shape index (κ1) is 12.7. The Morgan fingerprint density at radius 2 is 1.90 bits per heavy atom. The molecule has 0 radical (unpaired) electrons. The van der Waals surface area contributed by atoms with Crippen molar-refractivity contribution < 1.29 is 0 Å². The lowest BCUT2D eigenvalue weighted by Crippen LogP contribution is -1.90. The number of benzene rings is 2. The van der Waals surface area contributed by atoms with Gasteiger partial charge in [0.1, 0.15) is 5.82 Å². The average Bonchev–Trinajstić information content (AvgIpc) is 2.90. The zero-order valence-corrected chi connectivity index (χ0v) is 11.4. The van der Waals surface area contributed by atoms with Crippen molar-refractivity contribution in [2.24, 2.45) is 0 Å². The highest BCUT2D eigenvalue weighted by atomic mass is 35.5. The highest BCUT2D eigenvalue weighted by Crippen LogP contribution is 2.18. The minimum absolute atomic E-state index is 0.654. The molecule has 0 saturated heterocycles. The van der Waals surface area contributed by atoms with Crippen LogP contribution in [0.2, 0.25) is 5.02 Å².